The Morgan fingerprint density at radius 2 is 2.06 bits per heavy atom. The third-order valence-electron chi connectivity index (χ3n) is 3.13. The molecule has 0 saturated heterocycles. The Labute approximate surface area is 108 Å². The van der Waals surface area contributed by atoms with Gasteiger partial charge in [0.2, 0.25) is 5.89 Å². The summed E-state index contributed by atoms with van der Waals surface area (Å²) in [6, 6.07) is 6.83. The summed E-state index contributed by atoms with van der Waals surface area (Å²) >= 11 is 0. The zero-order valence-electron chi connectivity index (χ0n) is 11.4. The number of hydrogen-bond acceptors (Lipinski definition) is 3. The van der Waals surface area contributed by atoms with Crippen molar-refractivity contribution in [3.63, 3.8) is 0 Å². The first-order chi connectivity index (χ1) is 8.56. The highest BCUT2D eigenvalue weighted by atomic mass is 16.4. The molecule has 2 rings (SSSR count). The van der Waals surface area contributed by atoms with Gasteiger partial charge >= 0.3 is 0 Å². The van der Waals surface area contributed by atoms with Crippen LogP contribution in [0.4, 0.5) is 0 Å². The van der Waals surface area contributed by atoms with Gasteiger partial charge in [-0.3, -0.25) is 0 Å². The molecular weight excluding hydrogens is 224 g/mol. The lowest BCUT2D eigenvalue weighted by atomic mass is 10.00. The van der Waals surface area contributed by atoms with Crippen LogP contribution in [0.25, 0.3) is 0 Å². The second-order valence-electron chi connectivity index (χ2n) is 4.83. The maximum atomic E-state index is 5.45. The minimum atomic E-state index is 0.289. The van der Waals surface area contributed by atoms with Crippen molar-refractivity contribution in [2.75, 3.05) is 0 Å². The summed E-state index contributed by atoms with van der Waals surface area (Å²) in [6.07, 6.45) is 1.75. The van der Waals surface area contributed by atoms with E-state index < -0.39 is 0 Å². The van der Waals surface area contributed by atoms with Crippen LogP contribution >= 0.6 is 0 Å². The molecule has 0 radical (unpaired) electrons. The lowest BCUT2D eigenvalue weighted by Crippen LogP contribution is -2.19. The number of oxazole rings is 1. The van der Waals surface area contributed by atoms with Gasteiger partial charge in [0.05, 0.1) is 12.7 Å². The summed E-state index contributed by atoms with van der Waals surface area (Å²) in [5.41, 5.74) is 3.93. The van der Waals surface area contributed by atoms with Crippen LogP contribution in [0.3, 0.4) is 0 Å². The molecular formula is C15H20N2O. The normalized spacial score (nSPS) is 12.7. The maximum Gasteiger partial charge on any atom is 0.208 e. The minimum Gasteiger partial charge on any atom is -0.445 e. The summed E-state index contributed by atoms with van der Waals surface area (Å²) in [4.78, 5) is 4.19. The third-order valence-corrected chi connectivity index (χ3v) is 3.13. The monoisotopic (exact) mass is 244 g/mol. The Hall–Kier alpha value is -1.61. The van der Waals surface area contributed by atoms with Crippen molar-refractivity contribution in [2.45, 2.75) is 40.3 Å². The Morgan fingerprint density at radius 3 is 2.72 bits per heavy atom. The fourth-order valence-electron chi connectivity index (χ4n) is 2.06. The van der Waals surface area contributed by atoms with E-state index in [9.17, 15) is 0 Å². The second-order valence-corrected chi connectivity index (χ2v) is 4.83. The van der Waals surface area contributed by atoms with E-state index in [2.05, 4.69) is 49.3 Å². The molecule has 0 aliphatic carbocycles. The van der Waals surface area contributed by atoms with Gasteiger partial charge in [-0.15, -0.1) is 0 Å². The molecule has 1 aromatic heterocycles. The van der Waals surface area contributed by atoms with Crippen molar-refractivity contribution < 1.29 is 4.42 Å². The summed E-state index contributed by atoms with van der Waals surface area (Å²) in [5.74, 6) is 1.59. The molecule has 2 aromatic rings. The molecule has 1 heterocycles. The predicted octanol–water partition coefficient (Wildman–Crippen LogP) is 3.45. The summed E-state index contributed by atoms with van der Waals surface area (Å²) < 4.78 is 5.45. The van der Waals surface area contributed by atoms with Gasteiger partial charge < -0.3 is 9.73 Å². The SMILES string of the molecule is Cc1ccc(C)c(C(C)NCc2ncc(C)o2)c1. The molecule has 1 N–H and O–H groups in total. The van der Waals surface area contributed by atoms with Crippen LogP contribution in [0.5, 0.6) is 0 Å². The maximum absolute atomic E-state index is 5.45. The van der Waals surface area contributed by atoms with Crippen molar-refractivity contribution in [2.24, 2.45) is 0 Å². The van der Waals surface area contributed by atoms with E-state index in [1.165, 1.54) is 16.7 Å². The Morgan fingerprint density at radius 1 is 1.28 bits per heavy atom. The number of nitrogens with zero attached hydrogens (tertiary/aromatic N) is 1. The van der Waals surface area contributed by atoms with Gasteiger partial charge in [0.15, 0.2) is 0 Å². The highest BCUT2D eigenvalue weighted by molar-refractivity contribution is 5.32. The van der Waals surface area contributed by atoms with Gasteiger partial charge in [0.1, 0.15) is 5.76 Å². The quantitative estimate of drug-likeness (QED) is 0.895. The fourth-order valence-corrected chi connectivity index (χ4v) is 2.06. The molecule has 1 unspecified atom stereocenters. The average molecular weight is 244 g/mol. The largest absolute Gasteiger partial charge is 0.445 e. The van der Waals surface area contributed by atoms with Gasteiger partial charge in [0, 0.05) is 6.04 Å². The fraction of sp³-hybridized carbons (Fsp3) is 0.400. The molecule has 0 bridgehead atoms. The Bertz CT molecular complexity index is 531. The van der Waals surface area contributed by atoms with Crippen LogP contribution in [-0.2, 0) is 6.54 Å². The van der Waals surface area contributed by atoms with Gasteiger partial charge in [-0.1, -0.05) is 23.8 Å². The summed E-state index contributed by atoms with van der Waals surface area (Å²) in [7, 11) is 0. The van der Waals surface area contributed by atoms with Crippen LogP contribution in [0.15, 0.2) is 28.8 Å². The number of hydrogen-bond donors (Lipinski definition) is 1. The van der Waals surface area contributed by atoms with E-state index in [0.717, 1.165) is 11.7 Å². The van der Waals surface area contributed by atoms with E-state index in [4.69, 9.17) is 4.42 Å². The lowest BCUT2D eigenvalue weighted by Gasteiger charge is -2.16. The highest BCUT2D eigenvalue weighted by Gasteiger charge is 2.09. The number of aromatic nitrogens is 1. The Kier molecular flexibility index (Phi) is 3.82. The van der Waals surface area contributed by atoms with Crippen molar-refractivity contribution in [3.05, 3.63) is 52.7 Å². The summed E-state index contributed by atoms with van der Waals surface area (Å²) in [5, 5.41) is 3.44. The molecule has 0 spiro atoms. The first kappa shape index (κ1) is 12.8. The molecule has 1 aromatic carbocycles. The molecule has 0 amide bonds. The van der Waals surface area contributed by atoms with E-state index in [-0.39, 0.29) is 6.04 Å². The van der Waals surface area contributed by atoms with Crippen LogP contribution in [0, 0.1) is 20.8 Å². The first-order valence-electron chi connectivity index (χ1n) is 6.28. The molecule has 0 aliphatic heterocycles. The molecule has 18 heavy (non-hydrogen) atoms. The van der Waals surface area contributed by atoms with Crippen LogP contribution in [0.1, 0.15) is 41.3 Å². The zero-order chi connectivity index (χ0) is 13.1. The molecule has 0 saturated carbocycles. The van der Waals surface area contributed by atoms with Gasteiger partial charge in [-0.05, 0) is 38.8 Å². The minimum absolute atomic E-state index is 0.289. The van der Waals surface area contributed by atoms with E-state index in [1.54, 1.807) is 6.20 Å². The van der Waals surface area contributed by atoms with E-state index >= 15 is 0 Å². The van der Waals surface area contributed by atoms with Gasteiger partial charge in [-0.2, -0.15) is 0 Å². The average Bonchev–Trinajstić information content (AvgIpc) is 2.75. The number of nitrogens with one attached hydrogen (secondary N) is 1. The molecule has 96 valence electrons. The Balaban J connectivity index is 2.03. The molecule has 3 heteroatoms. The van der Waals surface area contributed by atoms with Crippen molar-refractivity contribution in [1.29, 1.82) is 0 Å². The zero-order valence-corrected chi connectivity index (χ0v) is 11.4. The van der Waals surface area contributed by atoms with Gasteiger partial charge in [-0.25, -0.2) is 4.98 Å². The van der Waals surface area contributed by atoms with E-state index in [1.807, 2.05) is 6.92 Å². The van der Waals surface area contributed by atoms with Crippen LogP contribution in [0.2, 0.25) is 0 Å². The third kappa shape index (κ3) is 2.99. The van der Waals surface area contributed by atoms with Crippen LogP contribution < -0.4 is 5.32 Å². The first-order valence-corrected chi connectivity index (χ1v) is 6.28. The number of aryl methyl sites for hydroxylation is 3. The second kappa shape index (κ2) is 5.36. The summed E-state index contributed by atoms with van der Waals surface area (Å²) in [6.45, 7) is 8.99. The smallest absolute Gasteiger partial charge is 0.208 e. The van der Waals surface area contributed by atoms with Gasteiger partial charge in [0.25, 0.3) is 0 Å². The van der Waals surface area contributed by atoms with Crippen molar-refractivity contribution in [3.8, 4) is 0 Å². The highest BCUT2D eigenvalue weighted by Crippen LogP contribution is 2.19. The molecule has 0 aliphatic rings. The predicted molar refractivity (Wildman–Crippen MR) is 72.4 cm³/mol. The molecule has 3 nitrogen and oxygen atoms in total. The number of benzene rings is 1. The standard InChI is InChI=1S/C15H20N2O/c1-10-5-6-11(2)14(7-10)13(4)16-9-15-17-8-12(3)18-15/h5-8,13,16H,9H2,1-4H3. The number of rotatable bonds is 4. The van der Waals surface area contributed by atoms with E-state index in [0.29, 0.717) is 6.54 Å². The molecule has 0 fully saturated rings. The topological polar surface area (TPSA) is 38.1 Å². The van der Waals surface area contributed by atoms with Crippen LogP contribution in [-0.4, -0.2) is 4.98 Å². The lowest BCUT2D eigenvalue weighted by molar-refractivity contribution is 0.432. The molecule has 1 atom stereocenters. The van der Waals surface area contributed by atoms with Crippen molar-refractivity contribution in [1.82, 2.24) is 10.3 Å². The van der Waals surface area contributed by atoms with Crippen molar-refractivity contribution >= 4 is 0 Å².